The molecule has 6 nitrogen and oxygen atoms in total. The summed E-state index contributed by atoms with van der Waals surface area (Å²) in [6.07, 6.45) is 1.78. The van der Waals surface area contributed by atoms with Crippen molar-refractivity contribution in [2.45, 2.75) is 6.92 Å². The van der Waals surface area contributed by atoms with Crippen molar-refractivity contribution >= 4 is 11.6 Å². The van der Waals surface area contributed by atoms with E-state index >= 15 is 0 Å². The van der Waals surface area contributed by atoms with Gasteiger partial charge in [0.1, 0.15) is 11.8 Å². The molecule has 0 aliphatic carbocycles. The van der Waals surface area contributed by atoms with Crippen LogP contribution in [0.25, 0.3) is 0 Å². The molecule has 0 radical (unpaired) electrons. The summed E-state index contributed by atoms with van der Waals surface area (Å²) in [4.78, 5) is 14.6. The minimum atomic E-state index is -0.395. The summed E-state index contributed by atoms with van der Waals surface area (Å²) in [5, 5.41) is 12.9. The second-order valence-electron chi connectivity index (χ2n) is 4.21. The number of nitrogens with one attached hydrogen (secondary N) is 2. The van der Waals surface area contributed by atoms with Crippen molar-refractivity contribution in [2.75, 3.05) is 6.61 Å². The average Bonchev–Trinajstić information content (AvgIpc) is 3.05. The predicted octanol–water partition coefficient (Wildman–Crippen LogP) is 1.81. The highest BCUT2D eigenvalue weighted by atomic mass is 16.5. The van der Waals surface area contributed by atoms with Crippen LogP contribution in [0, 0.1) is 11.3 Å². The minimum absolute atomic E-state index is 0.208. The third kappa shape index (κ3) is 3.94. The van der Waals surface area contributed by atoms with E-state index in [2.05, 4.69) is 15.5 Å². The van der Waals surface area contributed by atoms with Gasteiger partial charge in [0.25, 0.3) is 5.91 Å². The molecule has 0 spiro atoms. The van der Waals surface area contributed by atoms with Crippen LogP contribution in [-0.4, -0.2) is 23.2 Å². The van der Waals surface area contributed by atoms with E-state index in [9.17, 15) is 4.79 Å². The molecule has 1 aromatic carbocycles. The predicted molar refractivity (Wildman–Crippen MR) is 77.8 cm³/mol. The second-order valence-corrected chi connectivity index (χ2v) is 4.21. The number of nitrogens with zero attached hydrogens (tertiary/aromatic N) is 2. The van der Waals surface area contributed by atoms with Gasteiger partial charge in [-0.1, -0.05) is 12.1 Å². The van der Waals surface area contributed by atoms with Crippen LogP contribution in [0.2, 0.25) is 0 Å². The summed E-state index contributed by atoms with van der Waals surface area (Å²) in [5.41, 5.74) is 4.27. The quantitative estimate of drug-likeness (QED) is 0.647. The lowest BCUT2D eigenvalue weighted by Gasteiger charge is -2.06. The lowest BCUT2D eigenvalue weighted by Crippen LogP contribution is -2.25. The van der Waals surface area contributed by atoms with Gasteiger partial charge in [-0.3, -0.25) is 4.79 Å². The minimum Gasteiger partial charge on any atom is -0.482 e. The molecule has 0 atom stereocenters. The van der Waals surface area contributed by atoms with Crippen LogP contribution in [0.1, 0.15) is 18.2 Å². The second kappa shape index (κ2) is 6.91. The van der Waals surface area contributed by atoms with Crippen LogP contribution in [0.3, 0.4) is 0 Å². The fourth-order valence-corrected chi connectivity index (χ4v) is 1.62. The molecule has 2 aromatic rings. The van der Waals surface area contributed by atoms with Crippen LogP contribution in [-0.2, 0) is 4.79 Å². The molecule has 0 bridgehead atoms. The van der Waals surface area contributed by atoms with Gasteiger partial charge in [0.05, 0.1) is 17.0 Å². The molecule has 106 valence electrons. The lowest BCUT2D eigenvalue weighted by molar-refractivity contribution is -0.123. The third-order valence-electron chi connectivity index (χ3n) is 2.70. The smallest absolute Gasteiger partial charge is 0.277 e. The van der Waals surface area contributed by atoms with Crippen LogP contribution in [0.15, 0.2) is 47.7 Å². The van der Waals surface area contributed by atoms with E-state index in [0.717, 1.165) is 5.69 Å². The first kappa shape index (κ1) is 14.3. The number of rotatable bonds is 5. The molecule has 0 saturated heterocycles. The number of H-pyrrole nitrogens is 1. The summed E-state index contributed by atoms with van der Waals surface area (Å²) in [6, 6.07) is 12.4. The van der Waals surface area contributed by atoms with Gasteiger partial charge in [-0.2, -0.15) is 10.4 Å². The number of aromatic nitrogens is 1. The monoisotopic (exact) mass is 282 g/mol. The van der Waals surface area contributed by atoms with Crippen molar-refractivity contribution in [3.05, 3.63) is 53.9 Å². The number of amides is 1. The van der Waals surface area contributed by atoms with E-state index in [1.54, 1.807) is 37.4 Å². The fraction of sp³-hybridized carbons (Fsp3) is 0.133. The van der Waals surface area contributed by atoms with E-state index < -0.39 is 5.91 Å². The Morgan fingerprint density at radius 3 is 2.90 bits per heavy atom. The normalized spacial score (nSPS) is 10.8. The molecule has 0 fully saturated rings. The molecule has 1 heterocycles. The Morgan fingerprint density at radius 1 is 1.38 bits per heavy atom. The molecule has 0 unspecified atom stereocenters. The maximum atomic E-state index is 11.7. The van der Waals surface area contributed by atoms with E-state index in [1.165, 1.54) is 0 Å². The summed E-state index contributed by atoms with van der Waals surface area (Å²) < 4.78 is 5.30. The zero-order valence-corrected chi connectivity index (χ0v) is 11.5. The van der Waals surface area contributed by atoms with Crippen molar-refractivity contribution in [1.82, 2.24) is 10.4 Å². The molecule has 1 amide bonds. The number of benzene rings is 1. The Morgan fingerprint density at radius 2 is 2.19 bits per heavy atom. The maximum Gasteiger partial charge on any atom is 0.277 e. The molecular weight excluding hydrogens is 268 g/mol. The SMILES string of the molecule is C/C(=N\NC(=O)COc1ccccc1C#N)c1ccc[nH]1. The number of para-hydroxylation sites is 1. The van der Waals surface area contributed by atoms with Gasteiger partial charge < -0.3 is 9.72 Å². The standard InChI is InChI=1S/C15H14N4O2/c1-11(13-6-4-8-17-13)18-19-15(20)10-21-14-7-3-2-5-12(14)9-16/h2-8,17H,10H2,1H3,(H,19,20)/b18-11+. The van der Waals surface area contributed by atoms with Crippen molar-refractivity contribution < 1.29 is 9.53 Å². The first-order valence-corrected chi connectivity index (χ1v) is 6.29. The molecule has 6 heteroatoms. The Bertz CT molecular complexity index is 684. The van der Waals surface area contributed by atoms with Crippen molar-refractivity contribution in [3.8, 4) is 11.8 Å². The molecule has 0 saturated carbocycles. The molecule has 21 heavy (non-hydrogen) atoms. The van der Waals surface area contributed by atoms with Crippen LogP contribution >= 0.6 is 0 Å². The Balaban J connectivity index is 1.88. The Hall–Kier alpha value is -3.07. The molecular formula is C15H14N4O2. The average molecular weight is 282 g/mol. The lowest BCUT2D eigenvalue weighted by atomic mass is 10.2. The first-order valence-electron chi connectivity index (χ1n) is 6.29. The van der Waals surface area contributed by atoms with Crippen LogP contribution in [0.4, 0.5) is 0 Å². The fourth-order valence-electron chi connectivity index (χ4n) is 1.62. The summed E-state index contributed by atoms with van der Waals surface area (Å²) in [7, 11) is 0. The van der Waals surface area contributed by atoms with Crippen LogP contribution in [0.5, 0.6) is 5.75 Å². The number of ether oxygens (including phenoxy) is 1. The topological polar surface area (TPSA) is 90.3 Å². The number of hydrogen-bond donors (Lipinski definition) is 2. The molecule has 0 aliphatic rings. The highest BCUT2D eigenvalue weighted by molar-refractivity contribution is 5.97. The molecule has 2 rings (SSSR count). The summed E-state index contributed by atoms with van der Waals surface area (Å²) >= 11 is 0. The van der Waals surface area contributed by atoms with E-state index in [0.29, 0.717) is 17.0 Å². The summed E-state index contributed by atoms with van der Waals surface area (Å²) in [6.45, 7) is 1.57. The summed E-state index contributed by atoms with van der Waals surface area (Å²) in [5.74, 6) is -0.0196. The maximum absolute atomic E-state index is 11.7. The number of aromatic amines is 1. The number of nitriles is 1. The van der Waals surface area contributed by atoms with Crippen LogP contribution < -0.4 is 10.2 Å². The number of hydrogen-bond acceptors (Lipinski definition) is 4. The zero-order chi connectivity index (χ0) is 15.1. The Kier molecular flexibility index (Phi) is 4.72. The van der Waals surface area contributed by atoms with Gasteiger partial charge >= 0.3 is 0 Å². The highest BCUT2D eigenvalue weighted by Crippen LogP contribution is 2.16. The van der Waals surface area contributed by atoms with Gasteiger partial charge in [0, 0.05) is 6.20 Å². The number of hydrazone groups is 1. The van der Waals surface area contributed by atoms with Gasteiger partial charge in [0.2, 0.25) is 0 Å². The van der Waals surface area contributed by atoms with E-state index in [1.807, 2.05) is 18.2 Å². The van der Waals surface area contributed by atoms with E-state index in [4.69, 9.17) is 10.00 Å². The van der Waals surface area contributed by atoms with E-state index in [-0.39, 0.29) is 6.61 Å². The van der Waals surface area contributed by atoms with Gasteiger partial charge in [0.15, 0.2) is 6.61 Å². The van der Waals surface area contributed by atoms with Crippen molar-refractivity contribution in [2.24, 2.45) is 5.10 Å². The third-order valence-corrected chi connectivity index (χ3v) is 2.70. The largest absolute Gasteiger partial charge is 0.482 e. The van der Waals surface area contributed by atoms with Crippen molar-refractivity contribution in [1.29, 1.82) is 5.26 Å². The molecule has 1 aromatic heterocycles. The zero-order valence-electron chi connectivity index (χ0n) is 11.5. The van der Waals surface area contributed by atoms with Gasteiger partial charge in [-0.15, -0.1) is 0 Å². The molecule has 2 N–H and O–H groups in total. The van der Waals surface area contributed by atoms with Crippen molar-refractivity contribution in [3.63, 3.8) is 0 Å². The first-order chi connectivity index (χ1) is 10.2. The Labute approximate surface area is 122 Å². The number of carbonyl (C=O) groups excluding carboxylic acids is 1. The molecule has 0 aliphatic heterocycles. The number of carbonyl (C=O) groups is 1. The van der Waals surface area contributed by atoms with Gasteiger partial charge in [-0.25, -0.2) is 5.43 Å². The highest BCUT2D eigenvalue weighted by Gasteiger charge is 2.06. The van der Waals surface area contributed by atoms with Gasteiger partial charge in [-0.05, 0) is 31.2 Å².